The minimum absolute atomic E-state index is 0.0226. The highest BCUT2D eigenvalue weighted by atomic mass is 32.1. The lowest BCUT2D eigenvalue weighted by molar-refractivity contribution is -0.129. The fourth-order valence-corrected chi connectivity index (χ4v) is 4.14. The van der Waals surface area contributed by atoms with Gasteiger partial charge in [-0.05, 0) is 39.2 Å². The monoisotopic (exact) mass is 409 g/mol. The maximum Gasteiger partial charge on any atom is 0.247 e. The molecule has 2 N–H and O–H groups in total. The molecular weight excluding hydrogens is 386 g/mol. The molecule has 3 aromatic rings. The van der Waals surface area contributed by atoms with Crippen LogP contribution in [0.2, 0.25) is 0 Å². The average Bonchev–Trinajstić information content (AvgIpc) is 3.37. The molecular formula is C20H23N7OS. The molecule has 3 aromatic heterocycles. The zero-order valence-corrected chi connectivity index (χ0v) is 17.2. The number of aromatic nitrogens is 5. The number of rotatable bonds is 5. The van der Waals surface area contributed by atoms with E-state index in [-0.39, 0.29) is 11.9 Å². The van der Waals surface area contributed by atoms with Gasteiger partial charge in [-0.3, -0.25) is 4.79 Å². The zero-order valence-electron chi connectivity index (χ0n) is 16.4. The summed E-state index contributed by atoms with van der Waals surface area (Å²) in [5, 5.41) is 4.06. The average molecular weight is 410 g/mol. The molecule has 1 amide bonds. The van der Waals surface area contributed by atoms with Gasteiger partial charge < -0.3 is 15.2 Å². The molecule has 29 heavy (non-hydrogen) atoms. The number of likely N-dealkylation sites (tertiary alicyclic amines) is 1. The molecule has 9 heteroatoms. The van der Waals surface area contributed by atoms with Gasteiger partial charge in [0.2, 0.25) is 5.91 Å². The summed E-state index contributed by atoms with van der Waals surface area (Å²) in [7, 11) is 0. The lowest BCUT2D eigenvalue weighted by Gasteiger charge is -2.35. The molecule has 1 aliphatic rings. The van der Waals surface area contributed by atoms with E-state index < -0.39 is 0 Å². The first-order valence-corrected chi connectivity index (χ1v) is 10.4. The molecule has 0 unspecified atom stereocenters. The zero-order chi connectivity index (χ0) is 20.2. The van der Waals surface area contributed by atoms with Gasteiger partial charge in [0.15, 0.2) is 5.13 Å². The molecule has 1 atom stereocenters. The number of hydrogen-bond donors (Lipinski definition) is 2. The van der Waals surface area contributed by atoms with Crippen molar-refractivity contribution in [3.8, 4) is 0 Å². The van der Waals surface area contributed by atoms with Crippen LogP contribution in [-0.2, 0) is 4.79 Å². The van der Waals surface area contributed by atoms with E-state index in [0.29, 0.717) is 18.2 Å². The van der Waals surface area contributed by atoms with Gasteiger partial charge in [0.25, 0.3) is 0 Å². The topological polar surface area (TPSA) is 99.7 Å². The number of nitrogens with one attached hydrogen (secondary N) is 2. The number of hydrogen-bond acceptors (Lipinski definition) is 7. The molecule has 1 aliphatic heterocycles. The Morgan fingerprint density at radius 1 is 1.31 bits per heavy atom. The minimum atomic E-state index is -0.0667. The molecule has 0 aromatic carbocycles. The summed E-state index contributed by atoms with van der Waals surface area (Å²) in [6.07, 6.45) is 11.4. The molecule has 4 heterocycles. The second kappa shape index (κ2) is 8.52. The molecule has 0 bridgehead atoms. The molecule has 0 aliphatic carbocycles. The summed E-state index contributed by atoms with van der Waals surface area (Å²) >= 11 is 1.58. The third kappa shape index (κ3) is 4.68. The van der Waals surface area contributed by atoms with Crippen LogP contribution in [0.5, 0.6) is 0 Å². The van der Waals surface area contributed by atoms with Crippen molar-refractivity contribution in [1.82, 2.24) is 29.8 Å². The SMILES string of the molecule is Cc1nc(Nc2ncc(C)s2)cc([C@@H]2CCCCN2C(=O)/C=C/c2cnc[nH]2)n1. The molecule has 1 fully saturated rings. The number of carbonyl (C=O) groups is 1. The predicted octanol–water partition coefficient (Wildman–Crippen LogP) is 3.78. The number of anilines is 2. The lowest BCUT2D eigenvalue weighted by atomic mass is 9.98. The molecule has 0 spiro atoms. The van der Waals surface area contributed by atoms with Crippen LogP contribution >= 0.6 is 11.3 Å². The number of imidazole rings is 1. The van der Waals surface area contributed by atoms with Crippen LogP contribution in [0.4, 0.5) is 10.9 Å². The van der Waals surface area contributed by atoms with E-state index in [1.807, 2.05) is 31.0 Å². The van der Waals surface area contributed by atoms with Gasteiger partial charge in [-0.15, -0.1) is 11.3 Å². The maximum absolute atomic E-state index is 12.9. The van der Waals surface area contributed by atoms with Crippen molar-refractivity contribution in [2.75, 3.05) is 11.9 Å². The predicted molar refractivity (Wildman–Crippen MR) is 113 cm³/mol. The van der Waals surface area contributed by atoms with Gasteiger partial charge in [0, 0.05) is 29.8 Å². The van der Waals surface area contributed by atoms with Gasteiger partial charge in [0.1, 0.15) is 11.6 Å². The van der Waals surface area contributed by atoms with Crippen LogP contribution < -0.4 is 5.32 Å². The Morgan fingerprint density at radius 3 is 2.97 bits per heavy atom. The fraction of sp³-hybridized carbons (Fsp3) is 0.350. The van der Waals surface area contributed by atoms with Gasteiger partial charge in [-0.2, -0.15) is 0 Å². The highest BCUT2D eigenvalue weighted by Crippen LogP contribution is 2.32. The smallest absolute Gasteiger partial charge is 0.247 e. The molecule has 0 saturated carbocycles. The number of amides is 1. The molecule has 8 nitrogen and oxygen atoms in total. The third-order valence-electron chi connectivity index (χ3n) is 4.77. The summed E-state index contributed by atoms with van der Waals surface area (Å²) in [4.78, 5) is 36.3. The van der Waals surface area contributed by atoms with Crippen LogP contribution in [0.1, 0.15) is 47.4 Å². The first-order chi connectivity index (χ1) is 14.1. The third-order valence-corrected chi connectivity index (χ3v) is 5.59. The van der Waals surface area contributed by atoms with Crippen LogP contribution in [0.25, 0.3) is 6.08 Å². The van der Waals surface area contributed by atoms with Gasteiger partial charge in [0.05, 0.1) is 30.0 Å². The molecule has 4 rings (SSSR count). The van der Waals surface area contributed by atoms with Crippen molar-refractivity contribution in [2.45, 2.75) is 39.2 Å². The second-order valence-electron chi connectivity index (χ2n) is 7.01. The first kappa shape index (κ1) is 19.3. The van der Waals surface area contributed by atoms with Crippen molar-refractivity contribution in [2.24, 2.45) is 0 Å². The quantitative estimate of drug-likeness (QED) is 0.622. The van der Waals surface area contributed by atoms with Gasteiger partial charge >= 0.3 is 0 Å². The van der Waals surface area contributed by atoms with Crippen LogP contribution in [0, 0.1) is 13.8 Å². The highest BCUT2D eigenvalue weighted by Gasteiger charge is 2.28. The minimum Gasteiger partial charge on any atom is -0.345 e. The standard InChI is InChI=1S/C20H23N7OS/c1-13-10-22-20(29-13)26-18-9-16(24-14(2)25-18)17-5-3-4-8-27(17)19(28)7-6-15-11-21-12-23-15/h6-7,9-12,17H,3-5,8H2,1-2H3,(H,21,23)(H,22,24,25,26)/b7-6+/t17-/m0/s1. The van der Waals surface area contributed by atoms with E-state index in [1.54, 1.807) is 36.0 Å². The summed E-state index contributed by atoms with van der Waals surface area (Å²) in [6.45, 7) is 4.60. The van der Waals surface area contributed by atoms with E-state index in [0.717, 1.165) is 40.7 Å². The van der Waals surface area contributed by atoms with Crippen LogP contribution in [0.3, 0.4) is 0 Å². The summed E-state index contributed by atoms with van der Waals surface area (Å²) in [5.41, 5.74) is 1.66. The Bertz CT molecular complexity index is 1010. The number of H-pyrrole nitrogens is 1. The Hall–Kier alpha value is -3.07. The molecule has 0 radical (unpaired) electrons. The number of aryl methyl sites for hydroxylation is 2. The van der Waals surface area contributed by atoms with Gasteiger partial charge in [-0.25, -0.2) is 19.9 Å². The summed E-state index contributed by atoms with van der Waals surface area (Å²) in [6, 6.07) is 1.86. The van der Waals surface area contributed by atoms with Crippen molar-refractivity contribution in [3.05, 3.63) is 53.0 Å². The van der Waals surface area contributed by atoms with E-state index >= 15 is 0 Å². The Kier molecular flexibility index (Phi) is 5.66. The van der Waals surface area contributed by atoms with Crippen LogP contribution in [-0.4, -0.2) is 42.3 Å². The fourth-order valence-electron chi connectivity index (χ4n) is 3.47. The van der Waals surface area contributed by atoms with Crippen molar-refractivity contribution in [1.29, 1.82) is 0 Å². The summed E-state index contributed by atoms with van der Waals surface area (Å²) < 4.78 is 0. The Balaban J connectivity index is 1.56. The maximum atomic E-state index is 12.9. The normalized spacial score (nSPS) is 17.0. The van der Waals surface area contributed by atoms with Crippen molar-refractivity contribution in [3.63, 3.8) is 0 Å². The van der Waals surface area contributed by atoms with Gasteiger partial charge in [-0.1, -0.05) is 0 Å². The lowest BCUT2D eigenvalue weighted by Crippen LogP contribution is -2.38. The molecule has 150 valence electrons. The summed E-state index contributed by atoms with van der Waals surface area (Å²) in [5.74, 6) is 1.35. The van der Waals surface area contributed by atoms with E-state index in [4.69, 9.17) is 0 Å². The van der Waals surface area contributed by atoms with Crippen LogP contribution in [0.15, 0.2) is 30.9 Å². The number of carbonyl (C=O) groups excluding carboxylic acids is 1. The van der Waals surface area contributed by atoms with E-state index in [2.05, 4.69) is 30.2 Å². The van der Waals surface area contributed by atoms with E-state index in [1.165, 1.54) is 0 Å². The highest BCUT2D eigenvalue weighted by molar-refractivity contribution is 7.15. The number of nitrogens with zero attached hydrogens (tertiary/aromatic N) is 5. The second-order valence-corrected chi connectivity index (χ2v) is 8.24. The molecule has 1 saturated heterocycles. The first-order valence-electron chi connectivity index (χ1n) is 9.60. The van der Waals surface area contributed by atoms with Crippen molar-refractivity contribution < 1.29 is 4.79 Å². The number of aromatic amines is 1. The van der Waals surface area contributed by atoms with Crippen molar-refractivity contribution >= 4 is 34.3 Å². The van der Waals surface area contributed by atoms with E-state index in [9.17, 15) is 4.79 Å². The Labute approximate surface area is 173 Å². The number of piperidine rings is 1. The largest absolute Gasteiger partial charge is 0.345 e. The Morgan fingerprint density at radius 2 is 2.21 bits per heavy atom. The number of thiazole rings is 1.